The second kappa shape index (κ2) is 11.0. The first-order chi connectivity index (χ1) is 11.5. The van der Waals surface area contributed by atoms with E-state index in [2.05, 4.69) is 35.9 Å². The lowest BCUT2D eigenvalue weighted by atomic mass is 9.96. The number of hydrogen-bond donors (Lipinski definition) is 0. The third-order valence-electron chi connectivity index (χ3n) is 3.98. The summed E-state index contributed by atoms with van der Waals surface area (Å²) in [5.41, 5.74) is -2.36. The Morgan fingerprint density at radius 1 is 1.16 bits per heavy atom. The van der Waals surface area contributed by atoms with Crippen molar-refractivity contribution in [3.8, 4) is 0 Å². The van der Waals surface area contributed by atoms with Gasteiger partial charge in [-0.1, -0.05) is 30.6 Å². The molecule has 0 fully saturated rings. The van der Waals surface area contributed by atoms with Crippen LogP contribution in [0.25, 0.3) is 0 Å². The van der Waals surface area contributed by atoms with E-state index in [1.165, 1.54) is 5.57 Å². The highest BCUT2D eigenvalue weighted by molar-refractivity contribution is 7.56. The van der Waals surface area contributed by atoms with Crippen molar-refractivity contribution in [3.05, 3.63) is 23.3 Å². The Labute approximate surface area is 150 Å². The number of carbonyl (C=O) groups is 1. The molecule has 0 rings (SSSR count). The highest BCUT2D eigenvalue weighted by atomic mass is 31.2. The predicted octanol–water partition coefficient (Wildman–Crippen LogP) is 6.13. The molecule has 0 aliphatic heterocycles. The molecule has 146 valence electrons. The van der Waals surface area contributed by atoms with Gasteiger partial charge in [0.05, 0.1) is 0 Å². The number of halogens is 2. The van der Waals surface area contributed by atoms with E-state index >= 15 is 0 Å². The summed E-state index contributed by atoms with van der Waals surface area (Å²) in [5, 5.41) is 0. The predicted molar refractivity (Wildman–Crippen MR) is 97.0 cm³/mol. The van der Waals surface area contributed by atoms with Gasteiger partial charge in [0.15, 0.2) is 0 Å². The van der Waals surface area contributed by atoms with Gasteiger partial charge in [0, 0.05) is 14.2 Å². The number of ketones is 1. The Kier molecular flexibility index (Phi) is 10.6. The number of alkyl halides is 2. The average molecular weight is 380 g/mol. The molecule has 7 heteroatoms. The Morgan fingerprint density at radius 3 is 2.20 bits per heavy atom. The summed E-state index contributed by atoms with van der Waals surface area (Å²) < 4.78 is 48.2. The molecule has 1 atom stereocenters. The molecule has 0 aliphatic rings. The standard InChI is InChI=1S/C18H31F2O4P/c1-14(2)9-7-10-15(3)11-8-12-16(4)13-17(21)18(19,20)25(22,23-5)24-6/h9,13,15H,7-8,10-12H2,1-6H3/b16-13+. The van der Waals surface area contributed by atoms with Gasteiger partial charge in [0.25, 0.3) is 0 Å². The van der Waals surface area contributed by atoms with Crippen molar-refractivity contribution in [3.63, 3.8) is 0 Å². The monoisotopic (exact) mass is 380 g/mol. The van der Waals surface area contributed by atoms with Gasteiger partial charge < -0.3 is 9.05 Å². The van der Waals surface area contributed by atoms with E-state index in [9.17, 15) is 18.1 Å². The molecule has 0 aliphatic carbocycles. The van der Waals surface area contributed by atoms with Crippen molar-refractivity contribution < 1.29 is 27.2 Å². The molecule has 4 nitrogen and oxygen atoms in total. The van der Waals surface area contributed by atoms with Crippen molar-refractivity contribution in [1.29, 1.82) is 0 Å². The average Bonchev–Trinajstić information content (AvgIpc) is 2.53. The quantitative estimate of drug-likeness (QED) is 0.232. The molecule has 1 unspecified atom stereocenters. The fourth-order valence-corrected chi connectivity index (χ4v) is 3.29. The summed E-state index contributed by atoms with van der Waals surface area (Å²) in [5.74, 6) is -1.02. The Balaban J connectivity index is 4.56. The smallest absolute Gasteiger partial charge is 0.307 e. The van der Waals surface area contributed by atoms with Crippen molar-refractivity contribution in [1.82, 2.24) is 0 Å². The van der Waals surface area contributed by atoms with E-state index in [0.717, 1.165) is 46.0 Å². The van der Waals surface area contributed by atoms with Crippen LogP contribution in [0.3, 0.4) is 0 Å². The lowest BCUT2D eigenvalue weighted by molar-refractivity contribution is -0.130. The molecule has 0 amide bonds. The second-order valence-corrected chi connectivity index (χ2v) is 8.90. The van der Waals surface area contributed by atoms with Gasteiger partial charge in [-0.3, -0.25) is 9.36 Å². The first kappa shape index (κ1) is 24.2. The van der Waals surface area contributed by atoms with Crippen LogP contribution in [-0.2, 0) is 18.4 Å². The van der Waals surface area contributed by atoms with E-state index in [1.807, 2.05) is 0 Å². The molecular weight excluding hydrogens is 349 g/mol. The molecular formula is C18H31F2O4P. The second-order valence-electron chi connectivity index (χ2n) is 6.62. The van der Waals surface area contributed by atoms with E-state index in [-0.39, 0.29) is 0 Å². The zero-order valence-electron chi connectivity index (χ0n) is 16.1. The SMILES string of the molecule is COP(=O)(OC)C(F)(F)C(=O)/C=C(\C)CCCC(C)CCC=C(C)C. The fourth-order valence-electron chi connectivity index (χ4n) is 2.35. The zero-order valence-corrected chi connectivity index (χ0v) is 17.0. The van der Waals surface area contributed by atoms with Crippen LogP contribution in [0.4, 0.5) is 8.78 Å². The lowest BCUT2D eigenvalue weighted by Crippen LogP contribution is -2.28. The summed E-state index contributed by atoms with van der Waals surface area (Å²) in [4.78, 5) is 11.8. The minimum absolute atomic E-state index is 0.528. The third kappa shape index (κ3) is 7.93. The van der Waals surface area contributed by atoms with Crippen molar-refractivity contribution in [2.75, 3.05) is 14.2 Å². The summed E-state index contributed by atoms with van der Waals surface area (Å²) >= 11 is 0. The van der Waals surface area contributed by atoms with Gasteiger partial charge in [-0.25, -0.2) is 0 Å². The zero-order chi connectivity index (χ0) is 19.7. The highest BCUT2D eigenvalue weighted by Crippen LogP contribution is 2.61. The molecule has 0 bridgehead atoms. The Hall–Kier alpha value is -0.840. The van der Waals surface area contributed by atoms with Gasteiger partial charge >= 0.3 is 13.3 Å². The molecule has 0 N–H and O–H groups in total. The van der Waals surface area contributed by atoms with Crippen LogP contribution < -0.4 is 0 Å². The van der Waals surface area contributed by atoms with E-state index in [1.54, 1.807) is 6.92 Å². The molecule has 0 saturated heterocycles. The van der Waals surface area contributed by atoms with Crippen LogP contribution in [-0.4, -0.2) is 25.7 Å². The molecule has 0 spiro atoms. The molecule has 0 aromatic carbocycles. The summed E-state index contributed by atoms with van der Waals surface area (Å²) in [6.45, 7) is 7.91. The molecule has 0 heterocycles. The summed E-state index contributed by atoms with van der Waals surface area (Å²) in [6.07, 6.45) is 7.47. The Bertz CT molecular complexity index is 529. The number of carbonyl (C=O) groups excluding carboxylic acids is 1. The summed E-state index contributed by atoms with van der Waals surface area (Å²) in [7, 11) is -3.13. The molecule has 0 aromatic heterocycles. The van der Waals surface area contributed by atoms with Crippen LogP contribution in [0.1, 0.15) is 59.8 Å². The molecule has 0 saturated carbocycles. The van der Waals surface area contributed by atoms with E-state index in [4.69, 9.17) is 0 Å². The van der Waals surface area contributed by atoms with Crippen LogP contribution in [0.15, 0.2) is 23.3 Å². The van der Waals surface area contributed by atoms with Crippen molar-refractivity contribution >= 4 is 13.4 Å². The van der Waals surface area contributed by atoms with E-state index in [0.29, 0.717) is 17.9 Å². The maximum atomic E-state index is 14.0. The van der Waals surface area contributed by atoms with Gasteiger partial charge in [-0.05, 0) is 58.4 Å². The van der Waals surface area contributed by atoms with Crippen LogP contribution in [0.5, 0.6) is 0 Å². The number of allylic oxidation sites excluding steroid dienone is 4. The van der Waals surface area contributed by atoms with Gasteiger partial charge in [-0.2, -0.15) is 8.78 Å². The fraction of sp³-hybridized carbons (Fsp3) is 0.722. The third-order valence-corrected chi connectivity index (χ3v) is 5.85. The number of rotatable bonds is 12. The molecule has 0 aromatic rings. The van der Waals surface area contributed by atoms with Gasteiger partial charge in [0.2, 0.25) is 5.78 Å². The number of hydrogen-bond acceptors (Lipinski definition) is 4. The minimum Gasteiger partial charge on any atom is -0.307 e. The van der Waals surface area contributed by atoms with Crippen LogP contribution in [0, 0.1) is 5.92 Å². The molecule has 0 radical (unpaired) electrons. The van der Waals surface area contributed by atoms with Crippen LogP contribution >= 0.6 is 7.60 Å². The largest absolute Gasteiger partial charge is 0.407 e. The normalized spacial score (nSPS) is 14.3. The van der Waals surface area contributed by atoms with Crippen molar-refractivity contribution in [2.45, 2.75) is 65.5 Å². The van der Waals surface area contributed by atoms with Gasteiger partial charge in [0.1, 0.15) is 0 Å². The Morgan fingerprint density at radius 2 is 1.72 bits per heavy atom. The maximum absolute atomic E-state index is 14.0. The lowest BCUT2D eigenvalue weighted by Gasteiger charge is -2.21. The van der Waals surface area contributed by atoms with Crippen LogP contribution in [0.2, 0.25) is 0 Å². The topological polar surface area (TPSA) is 52.6 Å². The summed E-state index contributed by atoms with van der Waals surface area (Å²) in [6, 6.07) is 0. The molecule has 25 heavy (non-hydrogen) atoms. The minimum atomic E-state index is -4.79. The first-order valence-corrected chi connectivity index (χ1v) is 9.98. The van der Waals surface area contributed by atoms with Crippen molar-refractivity contribution in [2.24, 2.45) is 5.92 Å². The maximum Gasteiger partial charge on any atom is 0.407 e. The van der Waals surface area contributed by atoms with E-state index < -0.39 is 19.0 Å². The van der Waals surface area contributed by atoms with Gasteiger partial charge in [-0.15, -0.1) is 0 Å². The highest BCUT2D eigenvalue weighted by Gasteiger charge is 2.57. The first-order valence-electron chi connectivity index (χ1n) is 8.44.